The number of nitrogens with zero attached hydrogens (tertiary/aromatic N) is 2. The number of piperidine rings is 1. The van der Waals surface area contributed by atoms with Gasteiger partial charge in [0.15, 0.2) is 0 Å². The van der Waals surface area contributed by atoms with E-state index in [9.17, 15) is 4.79 Å². The van der Waals surface area contributed by atoms with E-state index in [0.29, 0.717) is 11.5 Å². The van der Waals surface area contributed by atoms with Gasteiger partial charge >= 0.3 is 0 Å². The molecule has 1 fully saturated rings. The number of anilines is 2. The summed E-state index contributed by atoms with van der Waals surface area (Å²) in [4.78, 5) is 18.8. The number of pyridine rings is 1. The quantitative estimate of drug-likeness (QED) is 0.863. The third kappa shape index (κ3) is 3.91. The first-order valence-electron chi connectivity index (χ1n) is 7.90. The molecule has 0 saturated carbocycles. The minimum Gasteiger partial charge on any atom is -0.339 e. The molecule has 4 nitrogen and oxygen atoms in total. The predicted octanol–water partition coefficient (Wildman–Crippen LogP) is 4.46. The number of halogens is 1. The van der Waals surface area contributed by atoms with Crippen molar-refractivity contribution in [2.75, 3.05) is 18.4 Å². The average molecular weight is 374 g/mol. The van der Waals surface area contributed by atoms with Gasteiger partial charge < -0.3 is 10.2 Å². The number of carbonyl (C=O) groups is 1. The molecule has 5 heteroatoms. The number of para-hydroxylation sites is 1. The summed E-state index contributed by atoms with van der Waals surface area (Å²) < 4.78 is 0.976. The summed E-state index contributed by atoms with van der Waals surface area (Å²) in [5, 5.41) is 3.24. The van der Waals surface area contributed by atoms with Gasteiger partial charge in [-0.25, -0.2) is 4.98 Å². The van der Waals surface area contributed by atoms with E-state index >= 15 is 0 Å². The van der Waals surface area contributed by atoms with E-state index in [1.807, 2.05) is 41.3 Å². The van der Waals surface area contributed by atoms with E-state index in [-0.39, 0.29) is 5.91 Å². The van der Waals surface area contributed by atoms with Gasteiger partial charge in [-0.3, -0.25) is 4.79 Å². The van der Waals surface area contributed by atoms with E-state index < -0.39 is 0 Å². The number of likely N-dealkylation sites (tertiary alicyclic amines) is 1. The van der Waals surface area contributed by atoms with Crippen LogP contribution < -0.4 is 5.32 Å². The van der Waals surface area contributed by atoms with Crippen molar-refractivity contribution in [1.82, 2.24) is 9.88 Å². The molecule has 1 aliphatic heterocycles. The van der Waals surface area contributed by atoms with Crippen LogP contribution >= 0.6 is 15.9 Å². The molecule has 1 N–H and O–H groups in total. The number of hydrogen-bond acceptors (Lipinski definition) is 3. The van der Waals surface area contributed by atoms with Gasteiger partial charge in [0.1, 0.15) is 5.82 Å². The Labute approximate surface area is 145 Å². The molecule has 0 bridgehead atoms. The fourth-order valence-electron chi connectivity index (χ4n) is 2.69. The van der Waals surface area contributed by atoms with Crippen molar-refractivity contribution in [3.8, 4) is 0 Å². The van der Waals surface area contributed by atoms with Gasteiger partial charge in [0.2, 0.25) is 0 Å². The van der Waals surface area contributed by atoms with Gasteiger partial charge in [0.25, 0.3) is 5.91 Å². The lowest BCUT2D eigenvalue weighted by Gasteiger charge is -2.30. The second-order valence-corrected chi connectivity index (χ2v) is 6.87. The standard InChI is InChI=1S/C18H20BrN3O/c1-13-8-10-22(11-9-13)18(23)14-6-7-17(20-12-14)21-16-5-3-2-4-15(16)19/h2-7,12-13H,8-11H2,1H3,(H,20,21). The van der Waals surface area contributed by atoms with Gasteiger partial charge in [-0.2, -0.15) is 0 Å². The zero-order chi connectivity index (χ0) is 16.2. The molecule has 1 aromatic heterocycles. The molecule has 2 heterocycles. The lowest BCUT2D eigenvalue weighted by atomic mass is 9.99. The molecule has 23 heavy (non-hydrogen) atoms. The number of benzene rings is 1. The van der Waals surface area contributed by atoms with Crippen molar-refractivity contribution in [3.63, 3.8) is 0 Å². The van der Waals surface area contributed by atoms with E-state index in [0.717, 1.165) is 41.9 Å². The van der Waals surface area contributed by atoms with Gasteiger partial charge in [0.05, 0.1) is 11.3 Å². The van der Waals surface area contributed by atoms with E-state index in [1.165, 1.54) is 0 Å². The second-order valence-electron chi connectivity index (χ2n) is 6.01. The molecule has 0 atom stereocenters. The molecule has 3 rings (SSSR count). The Bertz CT molecular complexity index is 679. The summed E-state index contributed by atoms with van der Waals surface area (Å²) in [5.74, 6) is 1.52. The smallest absolute Gasteiger partial charge is 0.255 e. The van der Waals surface area contributed by atoms with Crippen molar-refractivity contribution in [2.24, 2.45) is 5.92 Å². The van der Waals surface area contributed by atoms with E-state index in [4.69, 9.17) is 0 Å². The Morgan fingerprint density at radius 2 is 1.96 bits per heavy atom. The zero-order valence-electron chi connectivity index (χ0n) is 13.1. The normalized spacial score (nSPS) is 15.5. The maximum absolute atomic E-state index is 12.5. The molecule has 0 spiro atoms. The molecular weight excluding hydrogens is 354 g/mol. The summed E-state index contributed by atoms with van der Waals surface area (Å²) >= 11 is 3.50. The van der Waals surface area contributed by atoms with Crippen LogP contribution in [0.2, 0.25) is 0 Å². The predicted molar refractivity (Wildman–Crippen MR) is 96.0 cm³/mol. The Morgan fingerprint density at radius 1 is 1.22 bits per heavy atom. The lowest BCUT2D eigenvalue weighted by Crippen LogP contribution is -2.37. The first-order chi connectivity index (χ1) is 11.1. The van der Waals surface area contributed by atoms with Crippen LogP contribution in [0.1, 0.15) is 30.1 Å². The van der Waals surface area contributed by atoms with Gasteiger partial charge in [-0.1, -0.05) is 19.1 Å². The van der Waals surface area contributed by atoms with Crippen LogP contribution in [0.5, 0.6) is 0 Å². The molecule has 2 aromatic rings. The highest BCUT2D eigenvalue weighted by Crippen LogP contribution is 2.24. The van der Waals surface area contributed by atoms with Crippen molar-refractivity contribution in [1.29, 1.82) is 0 Å². The van der Waals surface area contributed by atoms with Crippen LogP contribution in [-0.4, -0.2) is 28.9 Å². The zero-order valence-corrected chi connectivity index (χ0v) is 14.7. The van der Waals surface area contributed by atoms with Crippen molar-refractivity contribution >= 4 is 33.3 Å². The number of hydrogen-bond donors (Lipinski definition) is 1. The summed E-state index contributed by atoms with van der Waals surface area (Å²) in [6, 6.07) is 11.6. The van der Waals surface area contributed by atoms with Crippen molar-refractivity contribution < 1.29 is 4.79 Å². The third-order valence-electron chi connectivity index (χ3n) is 4.22. The summed E-state index contributed by atoms with van der Waals surface area (Å²) in [5.41, 5.74) is 1.60. The molecule has 0 aliphatic carbocycles. The van der Waals surface area contributed by atoms with Crippen LogP contribution in [0.25, 0.3) is 0 Å². The fourth-order valence-corrected chi connectivity index (χ4v) is 3.07. The largest absolute Gasteiger partial charge is 0.339 e. The Morgan fingerprint density at radius 3 is 2.61 bits per heavy atom. The Kier molecular flexibility index (Phi) is 4.96. The molecule has 1 aromatic carbocycles. The van der Waals surface area contributed by atoms with Crippen LogP contribution in [-0.2, 0) is 0 Å². The van der Waals surface area contributed by atoms with Crippen LogP contribution in [0, 0.1) is 5.92 Å². The summed E-state index contributed by atoms with van der Waals surface area (Å²) in [7, 11) is 0. The Hall–Kier alpha value is -1.88. The highest BCUT2D eigenvalue weighted by molar-refractivity contribution is 9.10. The Balaban J connectivity index is 1.67. The molecule has 0 radical (unpaired) electrons. The molecule has 1 amide bonds. The second kappa shape index (κ2) is 7.13. The lowest BCUT2D eigenvalue weighted by molar-refractivity contribution is 0.0697. The monoisotopic (exact) mass is 373 g/mol. The summed E-state index contributed by atoms with van der Waals surface area (Å²) in [6.07, 6.45) is 3.82. The number of rotatable bonds is 3. The van der Waals surface area contributed by atoms with Gasteiger partial charge in [0, 0.05) is 23.8 Å². The molecule has 1 aliphatic rings. The minimum absolute atomic E-state index is 0.0804. The topological polar surface area (TPSA) is 45.2 Å². The maximum atomic E-state index is 12.5. The minimum atomic E-state index is 0.0804. The van der Waals surface area contributed by atoms with Crippen molar-refractivity contribution in [2.45, 2.75) is 19.8 Å². The average Bonchev–Trinajstić information content (AvgIpc) is 2.58. The van der Waals surface area contributed by atoms with E-state index in [1.54, 1.807) is 6.20 Å². The summed E-state index contributed by atoms with van der Waals surface area (Å²) in [6.45, 7) is 3.93. The highest BCUT2D eigenvalue weighted by Gasteiger charge is 2.21. The fraction of sp³-hybridized carbons (Fsp3) is 0.333. The first kappa shape index (κ1) is 16.0. The van der Waals surface area contributed by atoms with E-state index in [2.05, 4.69) is 33.2 Å². The maximum Gasteiger partial charge on any atom is 0.255 e. The molecule has 0 unspecified atom stereocenters. The molecule has 120 valence electrons. The van der Waals surface area contributed by atoms with Crippen LogP contribution in [0.3, 0.4) is 0 Å². The number of carbonyl (C=O) groups excluding carboxylic acids is 1. The van der Waals surface area contributed by atoms with Gasteiger partial charge in [-0.15, -0.1) is 0 Å². The van der Waals surface area contributed by atoms with Crippen molar-refractivity contribution in [3.05, 3.63) is 52.6 Å². The number of amides is 1. The third-order valence-corrected chi connectivity index (χ3v) is 4.91. The molecule has 1 saturated heterocycles. The van der Waals surface area contributed by atoms with Crippen LogP contribution in [0.15, 0.2) is 47.1 Å². The van der Waals surface area contributed by atoms with Crippen LogP contribution in [0.4, 0.5) is 11.5 Å². The highest BCUT2D eigenvalue weighted by atomic mass is 79.9. The number of aromatic nitrogens is 1. The first-order valence-corrected chi connectivity index (χ1v) is 8.69. The molecular formula is C18H20BrN3O. The van der Waals surface area contributed by atoms with Gasteiger partial charge in [-0.05, 0) is 59.0 Å². The SMILES string of the molecule is CC1CCN(C(=O)c2ccc(Nc3ccccc3Br)nc2)CC1. The number of nitrogens with one attached hydrogen (secondary N) is 1.